The third-order valence-corrected chi connectivity index (χ3v) is 5.43. The molecule has 0 radical (unpaired) electrons. The molecule has 18 heavy (non-hydrogen) atoms. The summed E-state index contributed by atoms with van der Waals surface area (Å²) in [6.07, 6.45) is 0. The lowest BCUT2D eigenvalue weighted by Gasteiger charge is -2.21. The maximum atomic E-state index is 12.5. The first-order valence-corrected chi connectivity index (χ1v) is 7.79. The molecule has 0 aliphatic rings. The third kappa shape index (κ3) is 2.70. The van der Waals surface area contributed by atoms with Crippen molar-refractivity contribution in [2.24, 2.45) is 0 Å². The van der Waals surface area contributed by atoms with Crippen LogP contribution in [0.4, 0.5) is 0 Å². The molecule has 0 aliphatic heterocycles. The van der Waals surface area contributed by atoms with E-state index in [1.807, 2.05) is 13.8 Å². The molecule has 104 valence electrons. The summed E-state index contributed by atoms with van der Waals surface area (Å²) in [7, 11) is -1.91. The zero-order chi connectivity index (χ0) is 14.1. The Bertz CT molecular complexity index is 523. The predicted octanol–water partition coefficient (Wildman–Crippen LogP) is 1.77. The standard InChI is InChI=1S/C11H20ClN3O2S/c1-8(2)14(5)18(16,17)11-9(3)13-15(7-6-12)10(11)4/h8H,6-7H2,1-5H3. The lowest BCUT2D eigenvalue weighted by molar-refractivity contribution is 0.410. The van der Waals surface area contributed by atoms with E-state index in [-0.39, 0.29) is 6.04 Å². The van der Waals surface area contributed by atoms with Gasteiger partial charge in [0.2, 0.25) is 10.0 Å². The van der Waals surface area contributed by atoms with E-state index in [1.165, 1.54) is 4.31 Å². The van der Waals surface area contributed by atoms with Crippen LogP contribution in [0.25, 0.3) is 0 Å². The molecule has 0 saturated heterocycles. The van der Waals surface area contributed by atoms with Crippen LogP contribution in [0.2, 0.25) is 0 Å². The third-order valence-electron chi connectivity index (χ3n) is 2.98. The van der Waals surface area contributed by atoms with Crippen molar-refractivity contribution in [3.63, 3.8) is 0 Å². The number of alkyl halides is 1. The normalized spacial score (nSPS) is 12.7. The average molecular weight is 294 g/mol. The van der Waals surface area contributed by atoms with Crippen LogP contribution in [0, 0.1) is 13.8 Å². The number of hydrogen-bond acceptors (Lipinski definition) is 3. The minimum absolute atomic E-state index is 0.0924. The van der Waals surface area contributed by atoms with Gasteiger partial charge in [0, 0.05) is 19.0 Å². The van der Waals surface area contributed by atoms with Crippen molar-refractivity contribution < 1.29 is 8.42 Å². The molecule has 0 N–H and O–H groups in total. The van der Waals surface area contributed by atoms with E-state index < -0.39 is 10.0 Å². The van der Waals surface area contributed by atoms with Crippen LogP contribution >= 0.6 is 11.6 Å². The molecule has 0 spiro atoms. The largest absolute Gasteiger partial charge is 0.267 e. The van der Waals surface area contributed by atoms with Gasteiger partial charge >= 0.3 is 0 Å². The molecule has 1 aromatic heterocycles. The fourth-order valence-corrected chi connectivity index (χ4v) is 3.67. The van der Waals surface area contributed by atoms with Crippen LogP contribution in [-0.4, -0.2) is 41.5 Å². The second-order valence-corrected chi connectivity index (χ2v) is 6.84. The van der Waals surface area contributed by atoms with Crippen molar-refractivity contribution in [3.8, 4) is 0 Å². The van der Waals surface area contributed by atoms with E-state index in [9.17, 15) is 8.42 Å². The zero-order valence-electron chi connectivity index (χ0n) is 11.4. The van der Waals surface area contributed by atoms with E-state index in [0.29, 0.717) is 28.7 Å². The molecule has 0 amide bonds. The van der Waals surface area contributed by atoms with Crippen molar-refractivity contribution in [1.82, 2.24) is 14.1 Å². The molecule has 1 aromatic rings. The first kappa shape index (κ1) is 15.5. The minimum Gasteiger partial charge on any atom is -0.267 e. The molecule has 1 rings (SSSR count). The van der Waals surface area contributed by atoms with E-state index in [0.717, 1.165) is 0 Å². The predicted molar refractivity (Wildman–Crippen MR) is 72.5 cm³/mol. The summed E-state index contributed by atoms with van der Waals surface area (Å²) in [4.78, 5) is 0.295. The van der Waals surface area contributed by atoms with Gasteiger partial charge in [-0.05, 0) is 27.7 Å². The fourth-order valence-electron chi connectivity index (χ4n) is 1.77. The maximum absolute atomic E-state index is 12.5. The molecule has 5 nitrogen and oxygen atoms in total. The Balaban J connectivity index is 3.33. The Kier molecular flexibility index (Phi) is 4.80. The SMILES string of the molecule is Cc1nn(CCCl)c(C)c1S(=O)(=O)N(C)C(C)C. The van der Waals surface area contributed by atoms with Gasteiger partial charge in [-0.25, -0.2) is 8.42 Å². The molecule has 0 atom stereocenters. The number of rotatable bonds is 5. The van der Waals surface area contributed by atoms with Gasteiger partial charge in [0.1, 0.15) is 4.90 Å². The summed E-state index contributed by atoms with van der Waals surface area (Å²) in [5.74, 6) is 0.404. The highest BCUT2D eigenvalue weighted by molar-refractivity contribution is 7.89. The first-order valence-electron chi connectivity index (χ1n) is 5.81. The lowest BCUT2D eigenvalue weighted by atomic mass is 10.4. The molecular weight excluding hydrogens is 274 g/mol. The van der Waals surface area contributed by atoms with Gasteiger partial charge in [0.05, 0.1) is 17.9 Å². The first-order chi connectivity index (χ1) is 8.23. The lowest BCUT2D eigenvalue weighted by Crippen LogP contribution is -2.33. The van der Waals surface area contributed by atoms with Crippen molar-refractivity contribution in [3.05, 3.63) is 11.4 Å². The Morgan fingerprint density at radius 2 is 1.94 bits per heavy atom. The van der Waals surface area contributed by atoms with Crippen LogP contribution in [0.1, 0.15) is 25.2 Å². The quantitative estimate of drug-likeness (QED) is 0.778. The van der Waals surface area contributed by atoms with E-state index in [1.54, 1.807) is 25.6 Å². The number of halogens is 1. The summed E-state index contributed by atoms with van der Waals surface area (Å²) in [6.45, 7) is 7.65. The van der Waals surface area contributed by atoms with Crippen LogP contribution in [0.15, 0.2) is 4.90 Å². The summed E-state index contributed by atoms with van der Waals surface area (Å²) in [5, 5.41) is 4.23. The van der Waals surface area contributed by atoms with Crippen LogP contribution in [0.3, 0.4) is 0 Å². The highest BCUT2D eigenvalue weighted by atomic mass is 35.5. The molecule has 0 aliphatic carbocycles. The van der Waals surface area contributed by atoms with Crippen LogP contribution < -0.4 is 0 Å². The minimum atomic E-state index is -3.49. The van der Waals surface area contributed by atoms with Crippen molar-refractivity contribution in [2.75, 3.05) is 12.9 Å². The van der Waals surface area contributed by atoms with Gasteiger partial charge in [-0.15, -0.1) is 11.6 Å². The number of hydrogen-bond donors (Lipinski definition) is 0. The van der Waals surface area contributed by atoms with E-state index >= 15 is 0 Å². The highest BCUT2D eigenvalue weighted by Gasteiger charge is 2.29. The molecule has 0 aromatic carbocycles. The Hall–Kier alpha value is -0.590. The van der Waals surface area contributed by atoms with Gasteiger partial charge in [0.25, 0.3) is 0 Å². The van der Waals surface area contributed by atoms with Crippen molar-refractivity contribution in [1.29, 1.82) is 0 Å². The molecule has 0 saturated carbocycles. The van der Waals surface area contributed by atoms with Crippen molar-refractivity contribution in [2.45, 2.75) is 45.2 Å². The Morgan fingerprint density at radius 3 is 2.39 bits per heavy atom. The van der Waals surface area contributed by atoms with Crippen molar-refractivity contribution >= 4 is 21.6 Å². The summed E-state index contributed by atoms with van der Waals surface area (Å²) in [5.41, 5.74) is 1.16. The van der Waals surface area contributed by atoms with Gasteiger partial charge in [-0.1, -0.05) is 0 Å². The summed E-state index contributed by atoms with van der Waals surface area (Å²) in [6, 6.07) is -0.0924. The van der Waals surface area contributed by atoms with Crippen LogP contribution in [0.5, 0.6) is 0 Å². The summed E-state index contributed by atoms with van der Waals surface area (Å²) >= 11 is 5.68. The van der Waals surface area contributed by atoms with Gasteiger partial charge in [-0.2, -0.15) is 9.40 Å². The molecule has 1 heterocycles. The molecule has 7 heteroatoms. The van der Waals surface area contributed by atoms with E-state index in [4.69, 9.17) is 11.6 Å². The van der Waals surface area contributed by atoms with Gasteiger partial charge < -0.3 is 0 Å². The summed E-state index contributed by atoms with van der Waals surface area (Å²) < 4.78 is 27.9. The second kappa shape index (κ2) is 5.59. The number of aromatic nitrogens is 2. The van der Waals surface area contributed by atoms with Crippen LogP contribution in [-0.2, 0) is 16.6 Å². The van der Waals surface area contributed by atoms with Gasteiger partial charge in [-0.3, -0.25) is 4.68 Å². The zero-order valence-corrected chi connectivity index (χ0v) is 13.0. The number of sulfonamides is 1. The Labute approximate surface area is 114 Å². The average Bonchev–Trinajstić information content (AvgIpc) is 2.53. The highest BCUT2D eigenvalue weighted by Crippen LogP contribution is 2.23. The number of nitrogens with zero attached hydrogens (tertiary/aromatic N) is 3. The molecular formula is C11H20ClN3O2S. The van der Waals surface area contributed by atoms with E-state index in [2.05, 4.69) is 5.10 Å². The Morgan fingerprint density at radius 1 is 1.39 bits per heavy atom. The number of aryl methyl sites for hydroxylation is 2. The maximum Gasteiger partial charge on any atom is 0.246 e. The second-order valence-electron chi connectivity index (χ2n) is 4.53. The fraction of sp³-hybridized carbons (Fsp3) is 0.727. The molecule has 0 unspecified atom stereocenters. The smallest absolute Gasteiger partial charge is 0.246 e. The molecule has 0 bridgehead atoms. The monoisotopic (exact) mass is 293 g/mol. The topological polar surface area (TPSA) is 55.2 Å². The molecule has 0 fully saturated rings. The van der Waals surface area contributed by atoms with Gasteiger partial charge in [0.15, 0.2) is 0 Å².